The number of hydrogen-bond donors (Lipinski definition) is 0. The molecule has 0 bridgehead atoms. The Bertz CT molecular complexity index is 62.8. The van der Waals surface area contributed by atoms with E-state index >= 15 is 0 Å². The number of nitrogens with zero attached hydrogens (tertiary/aromatic N) is 1. The Balaban J connectivity index is 2.24. The largest absolute Gasteiger partial charge is 0.306 e. The maximum atomic E-state index is 2.38. The second-order valence-electron chi connectivity index (χ2n) is 2.72. The molecule has 8 heavy (non-hydrogen) atoms. The molecule has 0 aromatic rings. The summed E-state index contributed by atoms with van der Waals surface area (Å²) in [6, 6.07) is 0.843. The Labute approximate surface area is 51.7 Å². The van der Waals surface area contributed by atoms with Crippen LogP contribution in [0.25, 0.3) is 0 Å². The molecule has 0 amide bonds. The fourth-order valence-corrected chi connectivity index (χ4v) is 1.21. The van der Waals surface area contributed by atoms with E-state index in [2.05, 4.69) is 25.4 Å². The van der Waals surface area contributed by atoms with Crippen LogP contribution in [0, 0.1) is 6.42 Å². The highest BCUT2D eigenvalue weighted by Crippen LogP contribution is 2.19. The lowest BCUT2D eigenvalue weighted by molar-refractivity contribution is 0.302. The highest BCUT2D eigenvalue weighted by atomic mass is 15.1. The molecule has 0 aromatic carbocycles. The predicted octanol–water partition coefficient (Wildman–Crippen LogP) is 1.30. The highest BCUT2D eigenvalue weighted by Gasteiger charge is 2.15. The van der Waals surface area contributed by atoms with E-state index in [-0.39, 0.29) is 0 Å². The summed E-state index contributed by atoms with van der Waals surface area (Å²) in [7, 11) is 4.31. The van der Waals surface area contributed by atoms with E-state index in [1.165, 1.54) is 19.3 Å². The van der Waals surface area contributed by atoms with Crippen LogP contribution < -0.4 is 0 Å². The summed E-state index contributed by atoms with van der Waals surface area (Å²) < 4.78 is 0. The van der Waals surface area contributed by atoms with Gasteiger partial charge in [-0.2, -0.15) is 0 Å². The first-order chi connectivity index (χ1) is 3.80. The first kappa shape index (κ1) is 6.09. The summed E-state index contributed by atoms with van der Waals surface area (Å²) in [5.74, 6) is 0. The van der Waals surface area contributed by atoms with Gasteiger partial charge in [-0.05, 0) is 39.8 Å². The Morgan fingerprint density at radius 2 is 2.25 bits per heavy atom. The number of rotatable bonds is 1. The first-order valence-electron chi connectivity index (χ1n) is 3.29. The van der Waals surface area contributed by atoms with Crippen LogP contribution in [0.1, 0.15) is 19.3 Å². The molecule has 1 aliphatic carbocycles. The zero-order chi connectivity index (χ0) is 5.98. The van der Waals surface area contributed by atoms with Crippen LogP contribution in [0.15, 0.2) is 0 Å². The van der Waals surface area contributed by atoms with E-state index in [1.54, 1.807) is 0 Å². The molecule has 1 atom stereocenters. The second-order valence-corrected chi connectivity index (χ2v) is 2.72. The molecule has 0 N–H and O–H groups in total. The van der Waals surface area contributed by atoms with Crippen LogP contribution in [0.5, 0.6) is 0 Å². The normalized spacial score (nSPS) is 22.9. The minimum absolute atomic E-state index is 0.843. The van der Waals surface area contributed by atoms with E-state index in [1.807, 2.05) is 0 Å². The van der Waals surface area contributed by atoms with Crippen molar-refractivity contribution in [2.45, 2.75) is 25.3 Å². The molecule has 1 rings (SSSR count). The summed E-state index contributed by atoms with van der Waals surface area (Å²) in [5, 5.41) is 0. The topological polar surface area (TPSA) is 3.24 Å². The van der Waals surface area contributed by atoms with Crippen molar-refractivity contribution in [2.24, 2.45) is 0 Å². The molecule has 1 saturated carbocycles. The molecule has 0 spiro atoms. The zero-order valence-electron chi connectivity index (χ0n) is 5.72. The average Bonchev–Trinajstić information content (AvgIpc) is 2.12. The third kappa shape index (κ3) is 1.22. The maximum Gasteiger partial charge on any atom is 0.00920 e. The van der Waals surface area contributed by atoms with Crippen LogP contribution in [0.3, 0.4) is 0 Å². The van der Waals surface area contributed by atoms with Gasteiger partial charge in [0.25, 0.3) is 0 Å². The monoisotopic (exact) mass is 112 g/mol. The van der Waals surface area contributed by atoms with E-state index in [0.29, 0.717) is 0 Å². The molecule has 47 valence electrons. The maximum absolute atomic E-state index is 2.38. The lowest BCUT2D eigenvalue weighted by Gasteiger charge is -2.17. The Hall–Kier alpha value is -0.0400. The average molecular weight is 112 g/mol. The van der Waals surface area contributed by atoms with Crippen molar-refractivity contribution in [2.75, 3.05) is 14.1 Å². The lowest BCUT2D eigenvalue weighted by atomic mass is 10.2. The van der Waals surface area contributed by atoms with Crippen LogP contribution in [0.4, 0.5) is 0 Å². The minimum atomic E-state index is 0.843. The Morgan fingerprint density at radius 1 is 1.50 bits per heavy atom. The molecule has 0 heterocycles. The Morgan fingerprint density at radius 3 is 2.50 bits per heavy atom. The Kier molecular flexibility index (Phi) is 1.90. The van der Waals surface area contributed by atoms with Gasteiger partial charge in [0.1, 0.15) is 0 Å². The van der Waals surface area contributed by atoms with Crippen LogP contribution in [-0.4, -0.2) is 25.0 Å². The summed E-state index contributed by atoms with van der Waals surface area (Å²) in [6.07, 6.45) is 6.37. The summed E-state index contributed by atoms with van der Waals surface area (Å²) in [6.45, 7) is 0. The van der Waals surface area contributed by atoms with E-state index in [4.69, 9.17) is 0 Å². The molecule has 1 unspecified atom stereocenters. The fourth-order valence-electron chi connectivity index (χ4n) is 1.21. The van der Waals surface area contributed by atoms with Crippen molar-refractivity contribution < 1.29 is 0 Å². The van der Waals surface area contributed by atoms with E-state index in [0.717, 1.165) is 6.04 Å². The van der Waals surface area contributed by atoms with Gasteiger partial charge in [0, 0.05) is 6.04 Å². The molecule has 1 fully saturated rings. The summed E-state index contributed by atoms with van der Waals surface area (Å²) in [5.41, 5.74) is 0. The zero-order valence-corrected chi connectivity index (χ0v) is 5.72. The molecule has 0 saturated heterocycles. The standard InChI is InChI=1S/C7H14N/c1-8(2)7-5-3-4-6-7/h3,7H,4-6H2,1-2H3. The molecular formula is C7H14N. The van der Waals surface area contributed by atoms with Crippen molar-refractivity contribution >= 4 is 0 Å². The van der Waals surface area contributed by atoms with Gasteiger partial charge in [-0.25, -0.2) is 0 Å². The predicted molar refractivity (Wildman–Crippen MR) is 35.6 cm³/mol. The summed E-state index contributed by atoms with van der Waals surface area (Å²) >= 11 is 0. The molecule has 1 radical (unpaired) electrons. The van der Waals surface area contributed by atoms with Crippen LogP contribution in [-0.2, 0) is 0 Å². The quantitative estimate of drug-likeness (QED) is 0.494. The van der Waals surface area contributed by atoms with Crippen molar-refractivity contribution in [3.63, 3.8) is 0 Å². The number of hydrogen-bond acceptors (Lipinski definition) is 1. The molecule has 0 aliphatic heterocycles. The molecule has 1 nitrogen and oxygen atoms in total. The van der Waals surface area contributed by atoms with Gasteiger partial charge < -0.3 is 4.90 Å². The lowest BCUT2D eigenvalue weighted by Crippen LogP contribution is -2.24. The van der Waals surface area contributed by atoms with Crippen molar-refractivity contribution in [3.8, 4) is 0 Å². The van der Waals surface area contributed by atoms with Crippen LogP contribution in [0.2, 0.25) is 0 Å². The molecular weight excluding hydrogens is 98.1 g/mol. The van der Waals surface area contributed by atoms with Crippen molar-refractivity contribution in [1.29, 1.82) is 0 Å². The van der Waals surface area contributed by atoms with Gasteiger partial charge in [-0.1, -0.05) is 0 Å². The third-order valence-corrected chi connectivity index (χ3v) is 1.87. The summed E-state index contributed by atoms with van der Waals surface area (Å²) in [4.78, 5) is 2.31. The van der Waals surface area contributed by atoms with Gasteiger partial charge >= 0.3 is 0 Å². The van der Waals surface area contributed by atoms with E-state index in [9.17, 15) is 0 Å². The van der Waals surface area contributed by atoms with Crippen molar-refractivity contribution in [3.05, 3.63) is 6.42 Å². The smallest absolute Gasteiger partial charge is 0.00920 e. The fraction of sp³-hybridized carbons (Fsp3) is 0.857. The SMILES string of the molecule is CN(C)C1C[CH]CC1. The highest BCUT2D eigenvalue weighted by molar-refractivity contribution is 4.84. The van der Waals surface area contributed by atoms with Gasteiger partial charge in [0.2, 0.25) is 0 Å². The third-order valence-electron chi connectivity index (χ3n) is 1.87. The van der Waals surface area contributed by atoms with Crippen LogP contribution >= 0.6 is 0 Å². The van der Waals surface area contributed by atoms with Gasteiger partial charge in [-0.3, -0.25) is 0 Å². The van der Waals surface area contributed by atoms with Gasteiger partial charge in [0.05, 0.1) is 0 Å². The second kappa shape index (κ2) is 2.49. The molecule has 0 aromatic heterocycles. The van der Waals surface area contributed by atoms with E-state index < -0.39 is 0 Å². The van der Waals surface area contributed by atoms with Gasteiger partial charge in [-0.15, -0.1) is 0 Å². The minimum Gasteiger partial charge on any atom is -0.306 e. The molecule has 1 aliphatic rings. The van der Waals surface area contributed by atoms with Gasteiger partial charge in [0.15, 0.2) is 0 Å². The van der Waals surface area contributed by atoms with Crippen molar-refractivity contribution in [1.82, 2.24) is 4.90 Å². The first-order valence-corrected chi connectivity index (χ1v) is 3.29. The molecule has 1 heteroatoms.